The lowest BCUT2D eigenvalue weighted by Gasteiger charge is -2.11. The van der Waals surface area contributed by atoms with Crippen molar-refractivity contribution < 1.29 is 13.9 Å². The van der Waals surface area contributed by atoms with Gasteiger partial charge in [0, 0.05) is 36.6 Å². The van der Waals surface area contributed by atoms with E-state index in [2.05, 4.69) is 20.6 Å². The number of rotatable bonds is 7. The minimum absolute atomic E-state index is 0.195. The number of methoxy groups -OCH3 is 1. The van der Waals surface area contributed by atoms with Crippen LogP contribution in [0.3, 0.4) is 0 Å². The predicted octanol–water partition coefficient (Wildman–Crippen LogP) is 3.98. The Bertz CT molecular complexity index is 1190. The summed E-state index contributed by atoms with van der Waals surface area (Å²) in [5, 5.41) is 5.99. The first-order valence-corrected chi connectivity index (χ1v) is 9.40. The molecule has 0 spiro atoms. The van der Waals surface area contributed by atoms with E-state index in [0.717, 1.165) is 11.4 Å². The topological polar surface area (TPSA) is 80.6 Å². The summed E-state index contributed by atoms with van der Waals surface area (Å²) in [4.78, 5) is 21.1. The van der Waals surface area contributed by atoms with E-state index in [-0.39, 0.29) is 12.3 Å². The molecule has 4 rings (SSSR count). The molecule has 1 amide bonds. The summed E-state index contributed by atoms with van der Waals surface area (Å²) in [5.74, 6) is 0.811. The van der Waals surface area contributed by atoms with Crippen LogP contribution in [-0.2, 0) is 4.79 Å². The van der Waals surface area contributed by atoms with E-state index < -0.39 is 5.82 Å². The highest BCUT2D eigenvalue weighted by Crippen LogP contribution is 2.34. The van der Waals surface area contributed by atoms with Crippen molar-refractivity contribution in [3.63, 3.8) is 0 Å². The molecule has 2 aromatic heterocycles. The predicted molar refractivity (Wildman–Crippen MR) is 113 cm³/mol. The molecule has 2 aromatic carbocycles. The maximum absolute atomic E-state index is 13.3. The highest BCUT2D eigenvalue weighted by Gasteiger charge is 2.17. The highest BCUT2D eigenvalue weighted by atomic mass is 19.1. The monoisotopic (exact) mass is 405 g/mol. The molecule has 0 aliphatic rings. The zero-order chi connectivity index (χ0) is 20.9. The average Bonchev–Trinajstić information content (AvgIpc) is 3.12. The molecule has 0 aliphatic carbocycles. The molecule has 0 saturated heterocycles. The third-order valence-electron chi connectivity index (χ3n) is 4.55. The lowest BCUT2D eigenvalue weighted by Crippen LogP contribution is -2.17. The molecule has 8 heteroatoms. The largest absolute Gasteiger partial charge is 0.496 e. The second kappa shape index (κ2) is 8.60. The Morgan fingerprint density at radius 2 is 2.07 bits per heavy atom. The van der Waals surface area contributed by atoms with E-state index in [4.69, 9.17) is 4.74 Å². The first-order chi connectivity index (χ1) is 14.7. The molecule has 7 nitrogen and oxygen atoms in total. The zero-order valence-corrected chi connectivity index (χ0v) is 16.3. The van der Waals surface area contributed by atoms with Crippen LogP contribution < -0.4 is 15.4 Å². The van der Waals surface area contributed by atoms with Crippen molar-refractivity contribution in [2.75, 3.05) is 24.3 Å². The van der Waals surface area contributed by atoms with Crippen LogP contribution in [0, 0.1) is 5.82 Å². The Hall–Kier alpha value is -3.94. The van der Waals surface area contributed by atoms with Gasteiger partial charge in [0.25, 0.3) is 0 Å². The van der Waals surface area contributed by atoms with E-state index in [1.54, 1.807) is 37.8 Å². The number of nitrogens with one attached hydrogen (secondary N) is 2. The van der Waals surface area contributed by atoms with E-state index in [1.165, 1.54) is 12.1 Å². The molecule has 2 heterocycles. The van der Waals surface area contributed by atoms with E-state index >= 15 is 0 Å². The second-order valence-corrected chi connectivity index (χ2v) is 6.55. The lowest BCUT2D eigenvalue weighted by molar-refractivity contribution is -0.115. The summed E-state index contributed by atoms with van der Waals surface area (Å²) < 4.78 is 20.6. The highest BCUT2D eigenvalue weighted by molar-refractivity contribution is 5.91. The molecule has 0 fully saturated rings. The third kappa shape index (κ3) is 4.07. The molecule has 0 saturated carbocycles. The molecule has 152 valence electrons. The fraction of sp³-hybridized carbons (Fsp3) is 0.136. The SMILES string of the molecule is COc1ccccc1-c1nc2cnccn2c1NCCC(=O)Nc1cccc(F)c1. The minimum Gasteiger partial charge on any atom is -0.496 e. The molecular weight excluding hydrogens is 385 g/mol. The van der Waals surface area contributed by atoms with Crippen molar-refractivity contribution in [3.8, 4) is 17.0 Å². The number of aromatic nitrogens is 3. The zero-order valence-electron chi connectivity index (χ0n) is 16.3. The fourth-order valence-electron chi connectivity index (χ4n) is 3.19. The van der Waals surface area contributed by atoms with Crippen LogP contribution in [0.2, 0.25) is 0 Å². The summed E-state index contributed by atoms with van der Waals surface area (Å²) in [6.07, 6.45) is 5.33. The molecule has 0 bridgehead atoms. The number of imidazole rings is 1. The maximum atomic E-state index is 13.3. The van der Waals surface area contributed by atoms with E-state index in [9.17, 15) is 9.18 Å². The van der Waals surface area contributed by atoms with Gasteiger partial charge in [-0.25, -0.2) is 9.37 Å². The van der Waals surface area contributed by atoms with Gasteiger partial charge in [-0.1, -0.05) is 18.2 Å². The maximum Gasteiger partial charge on any atom is 0.226 e. The Kier molecular flexibility index (Phi) is 5.56. The second-order valence-electron chi connectivity index (χ2n) is 6.55. The van der Waals surface area contributed by atoms with E-state index in [1.807, 2.05) is 28.7 Å². The van der Waals surface area contributed by atoms with Crippen LogP contribution in [0.1, 0.15) is 6.42 Å². The number of amides is 1. The van der Waals surface area contributed by atoms with Gasteiger partial charge in [-0.15, -0.1) is 0 Å². The minimum atomic E-state index is -0.397. The van der Waals surface area contributed by atoms with Crippen molar-refractivity contribution in [2.45, 2.75) is 6.42 Å². The number of anilines is 2. The number of hydrogen-bond donors (Lipinski definition) is 2. The van der Waals surface area contributed by atoms with Gasteiger partial charge in [0.05, 0.1) is 13.3 Å². The first kappa shape index (κ1) is 19.4. The summed E-state index contributed by atoms with van der Waals surface area (Å²) in [6.45, 7) is 0.361. The van der Waals surface area contributed by atoms with Gasteiger partial charge in [-0.05, 0) is 30.3 Å². The van der Waals surface area contributed by atoms with Crippen LogP contribution in [0.4, 0.5) is 15.9 Å². The average molecular weight is 405 g/mol. The number of hydrogen-bond acceptors (Lipinski definition) is 5. The van der Waals surface area contributed by atoms with Crippen molar-refractivity contribution >= 4 is 23.1 Å². The number of carbonyl (C=O) groups is 1. The molecule has 0 atom stereocenters. The van der Waals surface area contributed by atoms with Gasteiger partial charge in [0.1, 0.15) is 23.1 Å². The van der Waals surface area contributed by atoms with Gasteiger partial charge >= 0.3 is 0 Å². The number of halogens is 1. The normalized spacial score (nSPS) is 10.7. The van der Waals surface area contributed by atoms with Gasteiger partial charge in [-0.3, -0.25) is 14.2 Å². The summed E-state index contributed by atoms with van der Waals surface area (Å²) in [5.41, 5.74) is 2.63. The Balaban J connectivity index is 1.54. The van der Waals surface area contributed by atoms with Crippen LogP contribution in [0.15, 0.2) is 67.1 Å². The smallest absolute Gasteiger partial charge is 0.226 e. The fourth-order valence-corrected chi connectivity index (χ4v) is 3.19. The summed E-state index contributed by atoms with van der Waals surface area (Å²) in [6, 6.07) is 13.4. The molecule has 4 aromatic rings. The number of fused-ring (bicyclic) bond motifs is 1. The number of para-hydroxylation sites is 1. The van der Waals surface area contributed by atoms with Crippen molar-refractivity contribution in [3.05, 3.63) is 72.9 Å². The van der Waals surface area contributed by atoms with Crippen molar-refractivity contribution in [2.24, 2.45) is 0 Å². The molecular formula is C22H20FN5O2. The quantitative estimate of drug-likeness (QED) is 0.486. The molecule has 0 unspecified atom stereocenters. The number of benzene rings is 2. The van der Waals surface area contributed by atoms with Crippen LogP contribution in [-0.4, -0.2) is 33.9 Å². The van der Waals surface area contributed by atoms with Crippen LogP contribution in [0.5, 0.6) is 5.75 Å². The summed E-state index contributed by atoms with van der Waals surface area (Å²) >= 11 is 0. The van der Waals surface area contributed by atoms with Gasteiger partial charge in [0.2, 0.25) is 5.91 Å². The Labute approximate surface area is 172 Å². The Morgan fingerprint density at radius 3 is 2.90 bits per heavy atom. The summed E-state index contributed by atoms with van der Waals surface area (Å²) in [7, 11) is 1.61. The van der Waals surface area contributed by atoms with Crippen LogP contribution in [0.25, 0.3) is 16.9 Å². The molecule has 2 N–H and O–H groups in total. The Morgan fingerprint density at radius 1 is 1.20 bits per heavy atom. The lowest BCUT2D eigenvalue weighted by atomic mass is 10.1. The van der Waals surface area contributed by atoms with Crippen LogP contribution >= 0.6 is 0 Å². The number of carbonyl (C=O) groups excluding carboxylic acids is 1. The molecule has 30 heavy (non-hydrogen) atoms. The van der Waals surface area contributed by atoms with E-state index in [0.29, 0.717) is 29.3 Å². The third-order valence-corrected chi connectivity index (χ3v) is 4.55. The molecule has 0 aliphatic heterocycles. The first-order valence-electron chi connectivity index (χ1n) is 9.40. The van der Waals surface area contributed by atoms with Gasteiger partial charge < -0.3 is 15.4 Å². The van der Waals surface area contributed by atoms with Crippen molar-refractivity contribution in [1.82, 2.24) is 14.4 Å². The number of nitrogens with zero attached hydrogens (tertiary/aromatic N) is 3. The molecule has 0 radical (unpaired) electrons. The van der Waals surface area contributed by atoms with Gasteiger partial charge in [0.15, 0.2) is 5.65 Å². The van der Waals surface area contributed by atoms with Gasteiger partial charge in [-0.2, -0.15) is 0 Å². The number of ether oxygens (including phenoxy) is 1. The standard InChI is InChI=1S/C22H20FN5O2/c1-30-18-8-3-2-7-17(18)21-22(28-12-11-24-14-19(28)27-21)25-10-9-20(29)26-16-6-4-5-15(23)13-16/h2-8,11-14,25H,9-10H2,1H3,(H,26,29). The van der Waals surface area contributed by atoms with Crippen molar-refractivity contribution in [1.29, 1.82) is 0 Å².